The van der Waals surface area contributed by atoms with Crippen LogP contribution >= 0.6 is 11.6 Å². The summed E-state index contributed by atoms with van der Waals surface area (Å²) in [6.45, 7) is 0.791. The molecule has 1 aliphatic rings. The molecule has 1 unspecified atom stereocenters. The Morgan fingerprint density at radius 1 is 1.26 bits per heavy atom. The number of hydrogen-bond donors (Lipinski definition) is 1. The molecule has 27 heavy (non-hydrogen) atoms. The molecule has 1 N–H and O–H groups in total. The fourth-order valence-electron chi connectivity index (χ4n) is 2.73. The number of methoxy groups -OCH3 is 1. The molecule has 0 aliphatic carbocycles. The molecule has 1 aromatic carbocycles. The predicted molar refractivity (Wildman–Crippen MR) is 100 cm³/mol. The molecule has 0 amide bonds. The lowest BCUT2D eigenvalue weighted by Crippen LogP contribution is -2.18. The molecule has 0 bridgehead atoms. The number of benzene rings is 1. The first-order chi connectivity index (χ1) is 13.2. The van der Waals surface area contributed by atoms with E-state index >= 15 is 0 Å². The maximum Gasteiger partial charge on any atom is 0.229 e. The van der Waals surface area contributed by atoms with Gasteiger partial charge in [0.25, 0.3) is 0 Å². The number of rotatable bonds is 6. The molecule has 0 saturated carbocycles. The van der Waals surface area contributed by atoms with E-state index in [1.807, 2.05) is 30.3 Å². The lowest BCUT2D eigenvalue weighted by atomic mass is 10.2. The molecular formula is C18H17ClN4O4. The Kier molecular flexibility index (Phi) is 4.97. The summed E-state index contributed by atoms with van der Waals surface area (Å²) in [6, 6.07) is 9.32. The molecule has 4 rings (SSSR count). The van der Waals surface area contributed by atoms with E-state index < -0.39 is 0 Å². The highest BCUT2D eigenvalue weighted by Gasteiger charge is 2.23. The zero-order chi connectivity index (χ0) is 18.6. The topological polar surface area (TPSA) is 91.0 Å². The monoisotopic (exact) mass is 388 g/mol. The van der Waals surface area contributed by atoms with E-state index in [0.29, 0.717) is 42.6 Å². The summed E-state index contributed by atoms with van der Waals surface area (Å²) in [6.07, 6.45) is 1.98. The van der Waals surface area contributed by atoms with Gasteiger partial charge in [0, 0.05) is 5.39 Å². The SMILES string of the molecule is COC1=NOC(COc2cccc3c(NCc4ccco4)nc(Cl)nc23)C1. The highest BCUT2D eigenvalue weighted by molar-refractivity contribution is 6.29. The van der Waals surface area contributed by atoms with Crippen molar-refractivity contribution in [2.75, 3.05) is 19.0 Å². The summed E-state index contributed by atoms with van der Waals surface area (Å²) in [5.41, 5.74) is 0.616. The van der Waals surface area contributed by atoms with Crippen molar-refractivity contribution in [3.63, 3.8) is 0 Å². The first kappa shape index (κ1) is 17.4. The van der Waals surface area contributed by atoms with Crippen LogP contribution in [0.25, 0.3) is 10.9 Å². The van der Waals surface area contributed by atoms with Gasteiger partial charge in [0.15, 0.2) is 6.10 Å². The molecular weight excluding hydrogens is 372 g/mol. The van der Waals surface area contributed by atoms with Gasteiger partial charge >= 0.3 is 0 Å². The van der Waals surface area contributed by atoms with Crippen LogP contribution in [0.4, 0.5) is 5.82 Å². The molecule has 1 atom stereocenters. The van der Waals surface area contributed by atoms with Crippen LogP contribution in [0.15, 0.2) is 46.2 Å². The van der Waals surface area contributed by atoms with Crippen LogP contribution in [0, 0.1) is 0 Å². The number of halogens is 1. The van der Waals surface area contributed by atoms with Crippen LogP contribution in [0.5, 0.6) is 5.75 Å². The molecule has 3 heterocycles. The summed E-state index contributed by atoms with van der Waals surface area (Å²) < 4.78 is 16.3. The molecule has 2 aromatic heterocycles. The van der Waals surface area contributed by atoms with E-state index in [0.717, 1.165) is 11.1 Å². The van der Waals surface area contributed by atoms with Crippen molar-refractivity contribution in [2.45, 2.75) is 19.1 Å². The number of fused-ring (bicyclic) bond motifs is 1. The normalized spacial score (nSPS) is 16.1. The third kappa shape index (κ3) is 3.90. The minimum absolute atomic E-state index is 0.127. The maximum absolute atomic E-state index is 6.12. The molecule has 1 aliphatic heterocycles. The van der Waals surface area contributed by atoms with E-state index in [1.54, 1.807) is 13.4 Å². The van der Waals surface area contributed by atoms with Crippen LogP contribution in [0.2, 0.25) is 5.28 Å². The second-order valence-electron chi connectivity index (χ2n) is 5.86. The van der Waals surface area contributed by atoms with E-state index in [-0.39, 0.29) is 11.4 Å². The molecule has 8 nitrogen and oxygen atoms in total. The lowest BCUT2D eigenvalue weighted by Gasteiger charge is -2.13. The average molecular weight is 389 g/mol. The molecule has 140 valence electrons. The summed E-state index contributed by atoms with van der Waals surface area (Å²) in [4.78, 5) is 13.9. The van der Waals surface area contributed by atoms with Crippen LogP contribution in [0.1, 0.15) is 12.2 Å². The Bertz CT molecular complexity index is 961. The van der Waals surface area contributed by atoms with Crippen LogP contribution in [0.3, 0.4) is 0 Å². The summed E-state index contributed by atoms with van der Waals surface area (Å²) in [7, 11) is 1.56. The molecule has 3 aromatic rings. The number of aromatic nitrogens is 2. The van der Waals surface area contributed by atoms with Crippen molar-refractivity contribution in [3.05, 3.63) is 47.6 Å². The van der Waals surface area contributed by atoms with Gasteiger partial charge in [0.05, 0.1) is 26.3 Å². The summed E-state index contributed by atoms with van der Waals surface area (Å²) in [5, 5.41) is 7.98. The second-order valence-corrected chi connectivity index (χ2v) is 6.20. The largest absolute Gasteiger partial charge is 0.487 e. The van der Waals surface area contributed by atoms with Gasteiger partial charge < -0.3 is 24.0 Å². The van der Waals surface area contributed by atoms with Gasteiger partial charge in [-0.2, -0.15) is 0 Å². The van der Waals surface area contributed by atoms with Gasteiger partial charge in [0.1, 0.15) is 29.5 Å². The van der Waals surface area contributed by atoms with Crippen molar-refractivity contribution in [3.8, 4) is 5.75 Å². The Morgan fingerprint density at radius 3 is 2.96 bits per heavy atom. The molecule has 0 fully saturated rings. The quantitative estimate of drug-likeness (QED) is 0.645. The van der Waals surface area contributed by atoms with E-state index in [2.05, 4.69) is 20.4 Å². The lowest BCUT2D eigenvalue weighted by molar-refractivity contribution is 0.0474. The first-order valence-corrected chi connectivity index (χ1v) is 8.72. The minimum Gasteiger partial charge on any atom is -0.487 e. The third-order valence-electron chi connectivity index (χ3n) is 4.04. The van der Waals surface area contributed by atoms with E-state index in [4.69, 9.17) is 30.3 Å². The fraction of sp³-hybridized carbons (Fsp3) is 0.278. The van der Waals surface area contributed by atoms with Gasteiger partial charge in [-0.05, 0) is 35.9 Å². The third-order valence-corrected chi connectivity index (χ3v) is 4.21. The van der Waals surface area contributed by atoms with Gasteiger partial charge in [-0.15, -0.1) is 0 Å². The highest BCUT2D eigenvalue weighted by atomic mass is 35.5. The molecule has 0 radical (unpaired) electrons. The van der Waals surface area contributed by atoms with Gasteiger partial charge in [-0.1, -0.05) is 11.2 Å². The number of hydrogen-bond acceptors (Lipinski definition) is 8. The number of nitrogens with one attached hydrogen (secondary N) is 1. The van der Waals surface area contributed by atoms with Gasteiger partial charge in [-0.25, -0.2) is 9.97 Å². The minimum atomic E-state index is -0.205. The van der Waals surface area contributed by atoms with Crippen molar-refractivity contribution < 1.29 is 18.7 Å². The number of ether oxygens (including phenoxy) is 2. The Balaban J connectivity index is 1.53. The number of para-hydroxylation sites is 1. The van der Waals surface area contributed by atoms with E-state index in [1.165, 1.54) is 0 Å². The van der Waals surface area contributed by atoms with E-state index in [9.17, 15) is 0 Å². The standard InChI is InChI=1S/C18H17ClN4O4/c1-24-15-8-12(27-23-15)10-26-14-6-2-5-13-16(14)21-18(19)22-17(13)20-9-11-4-3-7-25-11/h2-7,12H,8-10H2,1H3,(H,20,21,22). The average Bonchev–Trinajstić information content (AvgIpc) is 3.36. The van der Waals surface area contributed by atoms with Gasteiger partial charge in [0.2, 0.25) is 11.2 Å². The Hall–Kier alpha value is -3.00. The van der Waals surface area contributed by atoms with Gasteiger partial charge in [-0.3, -0.25) is 0 Å². The number of nitrogens with zero attached hydrogens (tertiary/aromatic N) is 3. The number of oxime groups is 1. The first-order valence-electron chi connectivity index (χ1n) is 8.35. The number of anilines is 1. The van der Waals surface area contributed by atoms with Crippen molar-refractivity contribution in [1.29, 1.82) is 0 Å². The maximum atomic E-state index is 6.12. The molecule has 0 saturated heterocycles. The molecule has 0 spiro atoms. The highest BCUT2D eigenvalue weighted by Crippen LogP contribution is 2.30. The van der Waals surface area contributed by atoms with Crippen LogP contribution < -0.4 is 10.1 Å². The number of furan rings is 1. The predicted octanol–water partition coefficient (Wildman–Crippen LogP) is 3.62. The Labute approximate surface area is 160 Å². The summed E-state index contributed by atoms with van der Waals surface area (Å²) in [5.74, 6) is 2.54. The van der Waals surface area contributed by atoms with Crippen LogP contribution in [-0.2, 0) is 16.1 Å². The Morgan fingerprint density at radius 2 is 2.19 bits per heavy atom. The second kappa shape index (κ2) is 7.71. The van der Waals surface area contributed by atoms with Crippen molar-refractivity contribution in [1.82, 2.24) is 9.97 Å². The van der Waals surface area contributed by atoms with Crippen molar-refractivity contribution in [2.24, 2.45) is 5.16 Å². The van der Waals surface area contributed by atoms with Crippen molar-refractivity contribution >= 4 is 34.2 Å². The fourth-order valence-corrected chi connectivity index (χ4v) is 2.90. The summed E-state index contributed by atoms with van der Waals surface area (Å²) >= 11 is 6.12. The van der Waals surface area contributed by atoms with Crippen LogP contribution in [-0.4, -0.2) is 35.7 Å². The zero-order valence-corrected chi connectivity index (χ0v) is 15.3. The smallest absolute Gasteiger partial charge is 0.229 e. The zero-order valence-electron chi connectivity index (χ0n) is 14.5. The molecule has 9 heteroatoms.